The summed E-state index contributed by atoms with van der Waals surface area (Å²) in [7, 11) is 0. The van der Waals surface area contributed by atoms with Gasteiger partial charge < -0.3 is 15.4 Å². The van der Waals surface area contributed by atoms with Crippen molar-refractivity contribution in [3.05, 3.63) is 38.9 Å². The number of hydrogen-bond acceptors (Lipinski definition) is 7. The molecule has 0 unspecified atom stereocenters. The summed E-state index contributed by atoms with van der Waals surface area (Å²) in [6.07, 6.45) is 5.22. The van der Waals surface area contributed by atoms with Gasteiger partial charge in [0.1, 0.15) is 6.04 Å². The minimum atomic E-state index is -0.988. The minimum Gasteiger partial charge on any atom is -0.454 e. The molecule has 1 aliphatic rings. The molecule has 0 saturated heterocycles. The van der Waals surface area contributed by atoms with E-state index in [0.29, 0.717) is 17.6 Å². The number of nitro groups is 1. The maximum Gasteiger partial charge on any atom is 0.329 e. The van der Waals surface area contributed by atoms with Crippen LogP contribution in [0.5, 0.6) is 0 Å². The average Bonchev–Trinajstić information content (AvgIpc) is 2.77. The van der Waals surface area contributed by atoms with Crippen molar-refractivity contribution >= 4 is 46.8 Å². The Kier molecular flexibility index (Phi) is 10.4. The van der Waals surface area contributed by atoms with Crippen LogP contribution in [0.2, 0.25) is 5.02 Å². The first kappa shape index (κ1) is 26.9. The first-order chi connectivity index (χ1) is 15.6. The highest BCUT2D eigenvalue weighted by molar-refractivity contribution is 7.98. The Morgan fingerprint density at radius 1 is 1.30 bits per heavy atom. The number of benzene rings is 1. The van der Waals surface area contributed by atoms with Crippen LogP contribution in [0.4, 0.5) is 5.69 Å². The van der Waals surface area contributed by atoms with Crippen molar-refractivity contribution in [3.8, 4) is 0 Å². The van der Waals surface area contributed by atoms with Crippen LogP contribution >= 0.6 is 23.4 Å². The number of amides is 2. The molecule has 0 radical (unpaired) electrons. The van der Waals surface area contributed by atoms with Crippen molar-refractivity contribution < 1.29 is 24.0 Å². The number of esters is 1. The van der Waals surface area contributed by atoms with Gasteiger partial charge in [0, 0.05) is 18.2 Å². The molecule has 9 nitrogen and oxygen atoms in total. The molecule has 0 heterocycles. The molecule has 2 rings (SSSR count). The molecular weight excluding hydrogens is 470 g/mol. The van der Waals surface area contributed by atoms with Crippen molar-refractivity contribution in [1.29, 1.82) is 0 Å². The summed E-state index contributed by atoms with van der Waals surface area (Å²) < 4.78 is 5.19. The predicted octanol–water partition coefficient (Wildman–Crippen LogP) is 3.58. The third-order valence-corrected chi connectivity index (χ3v) is 6.96. The minimum absolute atomic E-state index is 0.00219. The monoisotopic (exact) mass is 499 g/mol. The van der Waals surface area contributed by atoms with E-state index >= 15 is 0 Å². The largest absolute Gasteiger partial charge is 0.454 e. The van der Waals surface area contributed by atoms with Crippen molar-refractivity contribution in [1.82, 2.24) is 10.6 Å². The fraction of sp³-hybridized carbons (Fsp3) is 0.591. The van der Waals surface area contributed by atoms with E-state index in [9.17, 15) is 24.5 Å². The number of carbonyl (C=O) groups is 3. The van der Waals surface area contributed by atoms with Gasteiger partial charge in [-0.1, -0.05) is 38.3 Å². The van der Waals surface area contributed by atoms with Crippen LogP contribution in [0.25, 0.3) is 0 Å². The molecule has 33 heavy (non-hydrogen) atoms. The van der Waals surface area contributed by atoms with Crippen molar-refractivity contribution in [2.24, 2.45) is 11.8 Å². The molecule has 0 spiro atoms. The van der Waals surface area contributed by atoms with Gasteiger partial charge in [0.25, 0.3) is 17.5 Å². The first-order valence-corrected chi connectivity index (χ1v) is 12.6. The summed E-state index contributed by atoms with van der Waals surface area (Å²) in [5.74, 6) is -0.328. The van der Waals surface area contributed by atoms with E-state index in [0.717, 1.165) is 31.4 Å². The molecular formula is C22H30ClN3O6S. The Morgan fingerprint density at radius 2 is 2.03 bits per heavy atom. The summed E-state index contributed by atoms with van der Waals surface area (Å²) in [5, 5.41) is 16.3. The number of nitrogens with one attached hydrogen (secondary N) is 2. The van der Waals surface area contributed by atoms with Crippen LogP contribution in [0.15, 0.2) is 18.2 Å². The van der Waals surface area contributed by atoms with Gasteiger partial charge in [-0.25, -0.2) is 4.79 Å². The van der Waals surface area contributed by atoms with Gasteiger partial charge in [-0.3, -0.25) is 19.7 Å². The van der Waals surface area contributed by atoms with Crippen molar-refractivity contribution in [3.63, 3.8) is 0 Å². The normalized spacial score (nSPS) is 21.0. The lowest BCUT2D eigenvalue weighted by atomic mass is 9.78. The molecule has 182 valence electrons. The van der Waals surface area contributed by atoms with E-state index in [4.69, 9.17) is 16.3 Å². The Morgan fingerprint density at radius 3 is 2.67 bits per heavy atom. The molecule has 0 bridgehead atoms. The van der Waals surface area contributed by atoms with Gasteiger partial charge in [-0.05, 0) is 42.8 Å². The third kappa shape index (κ3) is 7.89. The quantitative estimate of drug-likeness (QED) is 0.286. The van der Waals surface area contributed by atoms with Crippen LogP contribution in [-0.2, 0) is 14.3 Å². The summed E-state index contributed by atoms with van der Waals surface area (Å²) in [6.45, 7) is 3.84. The van der Waals surface area contributed by atoms with Crippen LogP contribution in [-0.4, -0.2) is 53.4 Å². The summed E-state index contributed by atoms with van der Waals surface area (Å²) in [4.78, 5) is 47.8. The van der Waals surface area contributed by atoms with Crippen LogP contribution in [0.1, 0.15) is 49.9 Å². The van der Waals surface area contributed by atoms with Crippen molar-refractivity contribution in [2.75, 3.05) is 18.6 Å². The number of rotatable bonds is 10. The van der Waals surface area contributed by atoms with Gasteiger partial charge in [-0.2, -0.15) is 11.8 Å². The molecule has 1 aromatic rings. The Labute approximate surface area is 202 Å². The van der Waals surface area contributed by atoms with Gasteiger partial charge in [0.15, 0.2) is 6.61 Å². The molecule has 0 aromatic heterocycles. The zero-order chi connectivity index (χ0) is 24.5. The number of nitro benzene ring substituents is 1. The van der Waals surface area contributed by atoms with Gasteiger partial charge in [0.2, 0.25) is 0 Å². The predicted molar refractivity (Wildman–Crippen MR) is 127 cm³/mol. The fourth-order valence-corrected chi connectivity index (χ4v) is 4.53. The number of non-ortho nitro benzene ring substituents is 1. The number of nitrogens with zero attached hydrogens (tertiary/aromatic N) is 1. The molecule has 1 saturated carbocycles. The van der Waals surface area contributed by atoms with Crippen LogP contribution in [0.3, 0.4) is 0 Å². The van der Waals surface area contributed by atoms with E-state index in [2.05, 4.69) is 24.5 Å². The average molecular weight is 500 g/mol. The maximum absolute atomic E-state index is 12.6. The SMILES string of the molecule is CSCC[C@H](NC(=O)c1ccc([N+](=O)[O-])cc1Cl)C(=O)OCC(=O)N[C@@H]1CCC[C@@H](C)[C@@H]1C. The Balaban J connectivity index is 1.96. The summed E-state index contributed by atoms with van der Waals surface area (Å²) >= 11 is 7.50. The van der Waals surface area contributed by atoms with Gasteiger partial charge in [-0.15, -0.1) is 0 Å². The van der Waals surface area contributed by atoms with E-state index in [1.807, 2.05) is 6.26 Å². The van der Waals surface area contributed by atoms with E-state index in [1.54, 1.807) is 0 Å². The molecule has 4 atom stereocenters. The second-order valence-electron chi connectivity index (χ2n) is 8.28. The maximum atomic E-state index is 12.6. The molecule has 1 aliphatic carbocycles. The lowest BCUT2D eigenvalue weighted by molar-refractivity contribution is -0.384. The highest BCUT2D eigenvalue weighted by atomic mass is 35.5. The van der Waals surface area contributed by atoms with E-state index in [1.165, 1.54) is 17.8 Å². The van der Waals surface area contributed by atoms with Crippen LogP contribution < -0.4 is 10.6 Å². The summed E-state index contributed by atoms with van der Waals surface area (Å²) in [5.41, 5.74) is -0.245. The second kappa shape index (κ2) is 12.8. The second-order valence-corrected chi connectivity index (χ2v) is 9.67. The molecule has 0 aliphatic heterocycles. The lowest BCUT2D eigenvalue weighted by Gasteiger charge is -2.34. The van der Waals surface area contributed by atoms with Crippen molar-refractivity contribution in [2.45, 2.75) is 51.6 Å². The number of halogens is 1. The smallest absolute Gasteiger partial charge is 0.329 e. The summed E-state index contributed by atoms with van der Waals surface area (Å²) in [6, 6.07) is 2.53. The molecule has 2 amide bonds. The van der Waals surface area contributed by atoms with Crippen LogP contribution in [0, 0.1) is 22.0 Å². The van der Waals surface area contributed by atoms with E-state index in [-0.39, 0.29) is 34.6 Å². The van der Waals surface area contributed by atoms with Gasteiger partial charge in [0.05, 0.1) is 15.5 Å². The Hall–Kier alpha value is -2.33. The van der Waals surface area contributed by atoms with E-state index < -0.39 is 29.4 Å². The standard InChI is InChI=1S/C22H30ClN3O6S/c1-13-5-4-6-18(14(13)2)24-20(27)12-32-22(29)19(9-10-33-3)25-21(28)16-8-7-15(26(30)31)11-17(16)23/h7-8,11,13-14,18-19H,4-6,9-10,12H2,1-3H3,(H,24,27)(H,25,28)/t13-,14+,18-,19+/m1/s1. The molecule has 1 fully saturated rings. The number of thioether (sulfide) groups is 1. The fourth-order valence-electron chi connectivity index (χ4n) is 3.79. The number of carbonyl (C=O) groups excluding carboxylic acids is 3. The Bertz CT molecular complexity index is 884. The first-order valence-electron chi connectivity index (χ1n) is 10.8. The lowest BCUT2D eigenvalue weighted by Crippen LogP contribution is -2.46. The molecule has 2 N–H and O–H groups in total. The zero-order valence-electron chi connectivity index (χ0n) is 19.0. The molecule has 11 heteroatoms. The third-order valence-electron chi connectivity index (χ3n) is 6.01. The number of hydrogen-bond donors (Lipinski definition) is 2. The highest BCUT2D eigenvalue weighted by Crippen LogP contribution is 2.29. The highest BCUT2D eigenvalue weighted by Gasteiger charge is 2.29. The molecule has 1 aromatic carbocycles. The van der Waals surface area contributed by atoms with Gasteiger partial charge >= 0.3 is 5.97 Å². The zero-order valence-corrected chi connectivity index (χ0v) is 20.5. The topological polar surface area (TPSA) is 128 Å². The number of ether oxygens (including phenoxy) is 1.